The van der Waals surface area contributed by atoms with Crippen LogP contribution < -0.4 is 29.9 Å². The topological polar surface area (TPSA) is 85.5 Å². The maximum Gasteiger partial charge on any atom is 0.326 e. The number of carbonyl (C=O) groups excluding carboxylic acids is 2. The average Bonchev–Trinajstić information content (AvgIpc) is 3.34. The van der Waals surface area contributed by atoms with E-state index in [2.05, 4.69) is 28.1 Å². The van der Waals surface area contributed by atoms with Crippen LogP contribution in [0.1, 0.15) is 4.88 Å². The molecule has 8 nitrogen and oxygen atoms in total. The first-order valence-electron chi connectivity index (χ1n) is 9.36. The van der Waals surface area contributed by atoms with Gasteiger partial charge in [-0.1, -0.05) is 6.07 Å². The van der Waals surface area contributed by atoms with Crippen LogP contribution >= 0.6 is 11.3 Å². The lowest BCUT2D eigenvalue weighted by atomic mass is 10.3. The zero-order valence-electron chi connectivity index (χ0n) is 15.5. The zero-order chi connectivity index (χ0) is 19.3. The highest BCUT2D eigenvalue weighted by Crippen LogP contribution is 2.34. The molecular formula is C19H24N4O4S+2. The van der Waals surface area contributed by atoms with Crippen molar-refractivity contribution in [1.82, 2.24) is 5.32 Å². The smallest absolute Gasteiger partial charge is 0.326 e. The summed E-state index contributed by atoms with van der Waals surface area (Å²) in [5, 5.41) is 7.16. The molecule has 2 aliphatic heterocycles. The number of nitrogens with one attached hydrogen (secondary N) is 4. The van der Waals surface area contributed by atoms with Gasteiger partial charge in [-0.15, -0.1) is 11.3 Å². The number of thiophene rings is 1. The van der Waals surface area contributed by atoms with E-state index in [1.54, 1.807) is 34.4 Å². The fraction of sp³-hybridized carbons (Fsp3) is 0.368. The largest absolute Gasteiger partial charge is 0.454 e. The van der Waals surface area contributed by atoms with E-state index in [0.29, 0.717) is 23.7 Å². The number of hydrogen-bond donors (Lipinski definition) is 4. The first-order valence-corrected chi connectivity index (χ1v) is 10.2. The highest BCUT2D eigenvalue weighted by Gasteiger charge is 2.25. The number of benzene rings is 1. The second kappa shape index (κ2) is 8.59. The maximum absolute atomic E-state index is 12.2. The van der Waals surface area contributed by atoms with E-state index >= 15 is 0 Å². The van der Waals surface area contributed by atoms with E-state index in [-0.39, 0.29) is 12.7 Å². The van der Waals surface area contributed by atoms with Gasteiger partial charge in [0.05, 0.1) is 4.88 Å². The molecule has 1 saturated heterocycles. The minimum Gasteiger partial charge on any atom is -0.454 e. The van der Waals surface area contributed by atoms with E-state index in [4.69, 9.17) is 9.47 Å². The van der Waals surface area contributed by atoms with Gasteiger partial charge in [-0.05, 0) is 23.6 Å². The Morgan fingerprint density at radius 1 is 1.04 bits per heavy atom. The second-order valence-corrected chi connectivity index (χ2v) is 8.04. The summed E-state index contributed by atoms with van der Waals surface area (Å²) < 4.78 is 10.5. The van der Waals surface area contributed by atoms with Gasteiger partial charge < -0.3 is 24.6 Å². The molecule has 0 saturated carbocycles. The Balaban J connectivity index is 1.19. The molecule has 148 valence electrons. The molecule has 3 amide bonds. The van der Waals surface area contributed by atoms with Crippen molar-refractivity contribution in [3.63, 3.8) is 0 Å². The molecule has 0 spiro atoms. The number of piperazine rings is 1. The first kappa shape index (κ1) is 18.7. The van der Waals surface area contributed by atoms with Gasteiger partial charge in [-0.2, -0.15) is 0 Å². The summed E-state index contributed by atoms with van der Waals surface area (Å²) in [5.41, 5.74) is 0.549. The third-order valence-corrected chi connectivity index (χ3v) is 5.84. The summed E-state index contributed by atoms with van der Waals surface area (Å²) in [6.45, 7) is 5.45. The van der Waals surface area contributed by atoms with Crippen LogP contribution in [-0.4, -0.2) is 51.5 Å². The van der Waals surface area contributed by atoms with Crippen molar-refractivity contribution in [3.8, 4) is 11.5 Å². The molecule has 0 bridgehead atoms. The molecule has 0 unspecified atom stereocenters. The van der Waals surface area contributed by atoms with Crippen LogP contribution in [-0.2, 0) is 11.3 Å². The van der Waals surface area contributed by atoms with Crippen molar-refractivity contribution < 1.29 is 28.9 Å². The van der Waals surface area contributed by atoms with Crippen molar-refractivity contribution in [3.05, 3.63) is 40.6 Å². The molecule has 1 aromatic heterocycles. The number of rotatable bonds is 5. The Kier molecular flexibility index (Phi) is 5.75. The summed E-state index contributed by atoms with van der Waals surface area (Å²) in [4.78, 5) is 28.4. The van der Waals surface area contributed by atoms with Crippen molar-refractivity contribution >= 4 is 29.0 Å². The van der Waals surface area contributed by atoms with Gasteiger partial charge in [0.2, 0.25) is 6.79 Å². The Morgan fingerprint density at radius 2 is 1.82 bits per heavy atom. The third-order valence-electron chi connectivity index (χ3n) is 4.96. The standard InChI is InChI=1S/C19H22N4O4S/c24-18(12-23-7-5-22(6-8-23)11-15-2-1-9-28-15)21-19(25)20-14-3-4-16-17(10-14)27-13-26-16/h1-4,9-10H,5-8,11-13H2,(H2,20,21,24,25)/p+2. The van der Waals surface area contributed by atoms with Crippen LogP contribution in [0.15, 0.2) is 35.7 Å². The number of hydrogen-bond acceptors (Lipinski definition) is 5. The molecule has 1 aromatic carbocycles. The van der Waals surface area contributed by atoms with E-state index in [0.717, 1.165) is 32.7 Å². The lowest BCUT2D eigenvalue weighted by molar-refractivity contribution is -1.01. The van der Waals surface area contributed by atoms with Gasteiger partial charge >= 0.3 is 6.03 Å². The molecule has 0 aliphatic carbocycles. The molecule has 0 atom stereocenters. The molecule has 4 rings (SSSR count). The number of anilines is 1. The van der Waals surface area contributed by atoms with Crippen LogP contribution in [0.3, 0.4) is 0 Å². The second-order valence-electron chi connectivity index (χ2n) is 7.00. The minimum absolute atomic E-state index is 0.175. The lowest BCUT2D eigenvalue weighted by Gasteiger charge is -2.29. The van der Waals surface area contributed by atoms with E-state index in [1.807, 2.05) is 0 Å². The predicted molar refractivity (Wildman–Crippen MR) is 104 cm³/mol. The molecular weight excluding hydrogens is 380 g/mol. The Bertz CT molecular complexity index is 834. The lowest BCUT2D eigenvalue weighted by Crippen LogP contribution is -3.28. The SMILES string of the molecule is O=C(C[NH+]1CC[NH+](Cc2cccs2)CC1)NC(=O)Nc1ccc2c(c1)OCO2. The number of amides is 3. The number of quaternary nitrogens is 2. The van der Waals surface area contributed by atoms with Crippen molar-refractivity contribution in [1.29, 1.82) is 0 Å². The van der Waals surface area contributed by atoms with Gasteiger partial charge in [0, 0.05) is 11.8 Å². The molecule has 2 aliphatic rings. The summed E-state index contributed by atoms with van der Waals surface area (Å²) in [7, 11) is 0. The van der Waals surface area contributed by atoms with Crippen LogP contribution in [0.5, 0.6) is 11.5 Å². The fourth-order valence-corrected chi connectivity index (χ4v) is 4.28. The Hall–Kier alpha value is -2.62. The van der Waals surface area contributed by atoms with Gasteiger partial charge in [0.25, 0.3) is 5.91 Å². The molecule has 28 heavy (non-hydrogen) atoms. The summed E-state index contributed by atoms with van der Waals surface area (Å²) >= 11 is 1.79. The summed E-state index contributed by atoms with van der Waals surface area (Å²) in [6, 6.07) is 8.82. The van der Waals surface area contributed by atoms with Gasteiger partial charge in [-0.25, -0.2) is 4.79 Å². The quantitative estimate of drug-likeness (QED) is 0.521. The monoisotopic (exact) mass is 404 g/mol. The number of ether oxygens (including phenoxy) is 2. The van der Waals surface area contributed by atoms with Crippen LogP contribution in [0, 0.1) is 0 Å². The Morgan fingerprint density at radius 3 is 2.61 bits per heavy atom. The van der Waals surface area contributed by atoms with Gasteiger partial charge in [-0.3, -0.25) is 10.1 Å². The highest BCUT2D eigenvalue weighted by atomic mass is 32.1. The Labute approximate surface area is 167 Å². The predicted octanol–water partition coefficient (Wildman–Crippen LogP) is -0.891. The van der Waals surface area contributed by atoms with Crippen LogP contribution in [0.4, 0.5) is 10.5 Å². The maximum atomic E-state index is 12.2. The molecule has 2 aromatic rings. The first-order chi connectivity index (χ1) is 13.7. The highest BCUT2D eigenvalue weighted by molar-refractivity contribution is 7.09. The summed E-state index contributed by atoms with van der Waals surface area (Å²) in [5.74, 6) is 0.956. The molecule has 4 N–H and O–H groups in total. The van der Waals surface area contributed by atoms with Gasteiger partial charge in [0.15, 0.2) is 18.0 Å². The molecule has 0 radical (unpaired) electrons. The van der Waals surface area contributed by atoms with Crippen molar-refractivity contribution in [2.75, 3.05) is 44.8 Å². The fourth-order valence-electron chi connectivity index (χ4n) is 3.50. The number of fused-ring (bicyclic) bond motifs is 1. The van der Waals surface area contributed by atoms with Crippen molar-refractivity contribution in [2.24, 2.45) is 0 Å². The van der Waals surface area contributed by atoms with E-state index in [9.17, 15) is 9.59 Å². The third kappa shape index (κ3) is 4.80. The van der Waals surface area contributed by atoms with Gasteiger partial charge in [0.1, 0.15) is 32.7 Å². The van der Waals surface area contributed by atoms with Crippen LogP contribution in [0.2, 0.25) is 0 Å². The normalized spacial score (nSPS) is 20.6. The molecule has 1 fully saturated rings. The van der Waals surface area contributed by atoms with Crippen molar-refractivity contribution in [2.45, 2.75) is 6.54 Å². The number of imide groups is 1. The van der Waals surface area contributed by atoms with Crippen LogP contribution in [0.25, 0.3) is 0 Å². The summed E-state index contributed by atoms with van der Waals surface area (Å²) in [6.07, 6.45) is 0. The number of carbonyl (C=O) groups is 2. The number of urea groups is 1. The van der Waals surface area contributed by atoms with E-state index < -0.39 is 6.03 Å². The van der Waals surface area contributed by atoms with E-state index in [1.165, 1.54) is 9.78 Å². The minimum atomic E-state index is -0.537. The average molecular weight is 404 g/mol. The molecule has 3 heterocycles. The zero-order valence-corrected chi connectivity index (χ0v) is 16.3. The molecule has 9 heteroatoms.